The molecule has 1 heterocycles. The van der Waals surface area contributed by atoms with Crippen molar-refractivity contribution in [2.75, 3.05) is 32.1 Å². The van der Waals surface area contributed by atoms with Crippen LogP contribution in [0.3, 0.4) is 0 Å². The van der Waals surface area contributed by atoms with E-state index in [9.17, 15) is 4.79 Å². The quantitative estimate of drug-likeness (QED) is 0.873. The topological polar surface area (TPSA) is 61.8 Å². The van der Waals surface area contributed by atoms with Gasteiger partial charge in [0.25, 0.3) is 0 Å². The predicted molar refractivity (Wildman–Crippen MR) is 83.3 cm³/mol. The van der Waals surface area contributed by atoms with Gasteiger partial charge in [-0.25, -0.2) is 4.79 Å². The number of methoxy groups -OCH3 is 1. The van der Waals surface area contributed by atoms with Crippen LogP contribution in [0.15, 0.2) is 18.2 Å². The monoisotopic (exact) mass is 292 g/mol. The molecule has 1 aliphatic rings. The van der Waals surface area contributed by atoms with E-state index in [4.69, 9.17) is 9.84 Å². The van der Waals surface area contributed by atoms with Crippen LogP contribution in [-0.2, 0) is 0 Å². The van der Waals surface area contributed by atoms with Crippen molar-refractivity contribution in [2.24, 2.45) is 0 Å². The van der Waals surface area contributed by atoms with Crippen molar-refractivity contribution in [2.45, 2.75) is 32.2 Å². The zero-order valence-electron chi connectivity index (χ0n) is 12.8. The molecule has 116 valence electrons. The Bertz CT molecular complexity index is 490. The van der Waals surface area contributed by atoms with Gasteiger partial charge in [0.2, 0.25) is 0 Å². The Morgan fingerprint density at radius 1 is 1.43 bits per heavy atom. The minimum Gasteiger partial charge on any atom is -0.495 e. The molecule has 0 aromatic heterocycles. The summed E-state index contributed by atoms with van der Waals surface area (Å²) in [6.45, 7) is 5.49. The number of aromatic carboxylic acids is 1. The summed E-state index contributed by atoms with van der Waals surface area (Å²) in [6.07, 6.45) is 3.32. The van der Waals surface area contributed by atoms with Crippen LogP contribution in [0.2, 0.25) is 0 Å². The molecule has 0 bridgehead atoms. The van der Waals surface area contributed by atoms with Gasteiger partial charge in [0.1, 0.15) is 5.75 Å². The number of benzene rings is 1. The maximum Gasteiger partial charge on any atom is 0.335 e. The first-order valence-corrected chi connectivity index (χ1v) is 7.54. The molecular weight excluding hydrogens is 268 g/mol. The number of nitrogens with zero attached hydrogens (tertiary/aromatic N) is 1. The van der Waals surface area contributed by atoms with E-state index in [0.717, 1.165) is 44.6 Å². The van der Waals surface area contributed by atoms with Gasteiger partial charge in [0.15, 0.2) is 0 Å². The number of carbonyl (C=O) groups is 1. The van der Waals surface area contributed by atoms with Gasteiger partial charge in [-0.3, -0.25) is 0 Å². The summed E-state index contributed by atoms with van der Waals surface area (Å²) in [4.78, 5) is 13.6. The highest BCUT2D eigenvalue weighted by Gasteiger charge is 2.18. The molecule has 1 atom stereocenters. The molecule has 0 aliphatic carbocycles. The first kappa shape index (κ1) is 15.6. The molecule has 1 aliphatic heterocycles. The number of anilines is 1. The van der Waals surface area contributed by atoms with Crippen molar-refractivity contribution in [3.63, 3.8) is 0 Å². The lowest BCUT2D eigenvalue weighted by Crippen LogP contribution is -2.26. The Labute approximate surface area is 125 Å². The zero-order chi connectivity index (χ0) is 15.2. The van der Waals surface area contributed by atoms with Crippen molar-refractivity contribution in [3.8, 4) is 5.75 Å². The first-order valence-electron chi connectivity index (χ1n) is 7.54. The third-order valence-electron chi connectivity index (χ3n) is 4.07. The molecule has 5 nitrogen and oxygen atoms in total. The molecule has 21 heavy (non-hydrogen) atoms. The minimum absolute atomic E-state index is 0.280. The summed E-state index contributed by atoms with van der Waals surface area (Å²) in [5.41, 5.74) is 1.05. The second kappa shape index (κ2) is 7.31. The van der Waals surface area contributed by atoms with Crippen LogP contribution in [0.1, 0.15) is 36.5 Å². The van der Waals surface area contributed by atoms with Gasteiger partial charge in [-0.05, 0) is 50.6 Å². The van der Waals surface area contributed by atoms with Gasteiger partial charge in [0, 0.05) is 12.6 Å². The fourth-order valence-electron chi connectivity index (χ4n) is 2.79. The van der Waals surface area contributed by atoms with Crippen LogP contribution < -0.4 is 10.1 Å². The number of ether oxygens (including phenoxy) is 1. The second-order valence-corrected chi connectivity index (χ2v) is 5.43. The van der Waals surface area contributed by atoms with E-state index < -0.39 is 5.97 Å². The Kier molecular flexibility index (Phi) is 5.44. The molecule has 5 heteroatoms. The van der Waals surface area contributed by atoms with Crippen molar-refractivity contribution < 1.29 is 14.6 Å². The lowest BCUT2D eigenvalue weighted by molar-refractivity contribution is 0.0697. The van der Waals surface area contributed by atoms with E-state index in [1.54, 1.807) is 25.3 Å². The van der Waals surface area contributed by atoms with Crippen LogP contribution in [-0.4, -0.2) is 48.8 Å². The van der Waals surface area contributed by atoms with Crippen LogP contribution in [0.25, 0.3) is 0 Å². The fraction of sp³-hybridized carbons (Fsp3) is 0.562. The van der Waals surface area contributed by atoms with Crippen molar-refractivity contribution in [3.05, 3.63) is 23.8 Å². The van der Waals surface area contributed by atoms with Crippen LogP contribution in [0, 0.1) is 0 Å². The number of nitrogens with one attached hydrogen (secondary N) is 1. The molecule has 0 spiro atoms. The maximum absolute atomic E-state index is 11.1. The van der Waals surface area contributed by atoms with Gasteiger partial charge in [-0.1, -0.05) is 6.92 Å². The molecule has 1 fully saturated rings. The average Bonchev–Trinajstić information content (AvgIpc) is 2.72. The van der Waals surface area contributed by atoms with E-state index in [2.05, 4.69) is 17.1 Å². The normalized spacial score (nSPS) is 19.8. The van der Waals surface area contributed by atoms with Crippen molar-refractivity contribution >= 4 is 11.7 Å². The Morgan fingerprint density at radius 3 is 2.90 bits per heavy atom. The van der Waals surface area contributed by atoms with E-state index in [1.165, 1.54) is 0 Å². The highest BCUT2D eigenvalue weighted by Crippen LogP contribution is 2.28. The third-order valence-corrected chi connectivity index (χ3v) is 4.07. The highest BCUT2D eigenvalue weighted by molar-refractivity contribution is 5.89. The molecule has 1 aromatic rings. The summed E-state index contributed by atoms with van der Waals surface area (Å²) in [5, 5.41) is 12.6. The molecule has 1 aromatic carbocycles. The van der Waals surface area contributed by atoms with E-state index in [1.807, 2.05) is 0 Å². The van der Waals surface area contributed by atoms with E-state index in [0.29, 0.717) is 11.8 Å². The summed E-state index contributed by atoms with van der Waals surface area (Å²) in [5.74, 6) is -0.227. The summed E-state index contributed by atoms with van der Waals surface area (Å²) >= 11 is 0. The Balaban J connectivity index is 2.10. The van der Waals surface area contributed by atoms with Gasteiger partial charge in [0.05, 0.1) is 18.4 Å². The Hall–Kier alpha value is -1.75. The number of hydrogen-bond acceptors (Lipinski definition) is 4. The highest BCUT2D eigenvalue weighted by atomic mass is 16.5. The SMILES string of the molecule is CCN1CCCC(Nc2cc(C(=O)O)ccc2OC)CC1. The number of rotatable bonds is 5. The van der Waals surface area contributed by atoms with Gasteiger partial charge in [-0.2, -0.15) is 0 Å². The van der Waals surface area contributed by atoms with Crippen molar-refractivity contribution in [1.82, 2.24) is 4.90 Å². The van der Waals surface area contributed by atoms with Crippen LogP contribution in [0.5, 0.6) is 5.75 Å². The molecule has 1 saturated heterocycles. The minimum atomic E-state index is -0.918. The Morgan fingerprint density at radius 2 is 2.24 bits per heavy atom. The molecule has 2 rings (SSSR count). The number of carboxylic acid groups (broad SMARTS) is 1. The van der Waals surface area contributed by atoms with Crippen LogP contribution in [0.4, 0.5) is 5.69 Å². The summed E-state index contributed by atoms with van der Waals surface area (Å²) in [6, 6.07) is 5.29. The number of carboxylic acids is 1. The lowest BCUT2D eigenvalue weighted by atomic mass is 10.1. The number of hydrogen-bond donors (Lipinski definition) is 2. The van der Waals surface area contributed by atoms with Crippen molar-refractivity contribution in [1.29, 1.82) is 0 Å². The predicted octanol–water partition coefficient (Wildman–Crippen LogP) is 2.68. The molecule has 1 unspecified atom stereocenters. The third kappa shape index (κ3) is 4.11. The fourth-order valence-corrected chi connectivity index (χ4v) is 2.79. The molecular formula is C16H24N2O3. The molecule has 0 amide bonds. The van der Waals surface area contributed by atoms with E-state index in [-0.39, 0.29) is 5.56 Å². The standard InChI is InChI=1S/C16H24N2O3/c1-3-18-9-4-5-13(8-10-18)17-14-11-12(16(19)20)6-7-15(14)21-2/h6-7,11,13,17H,3-5,8-10H2,1-2H3,(H,19,20). The van der Waals surface area contributed by atoms with Gasteiger partial charge in [-0.15, -0.1) is 0 Å². The molecule has 2 N–H and O–H groups in total. The van der Waals surface area contributed by atoms with Gasteiger partial charge < -0.3 is 20.1 Å². The first-order chi connectivity index (χ1) is 10.1. The van der Waals surface area contributed by atoms with Gasteiger partial charge >= 0.3 is 5.97 Å². The largest absolute Gasteiger partial charge is 0.495 e. The second-order valence-electron chi connectivity index (χ2n) is 5.43. The summed E-state index contributed by atoms with van der Waals surface area (Å²) in [7, 11) is 1.60. The summed E-state index contributed by atoms with van der Waals surface area (Å²) < 4.78 is 5.33. The smallest absolute Gasteiger partial charge is 0.335 e. The molecule has 0 saturated carbocycles. The van der Waals surface area contributed by atoms with Crippen LogP contribution >= 0.6 is 0 Å². The zero-order valence-corrected chi connectivity index (χ0v) is 12.8. The maximum atomic E-state index is 11.1. The van der Waals surface area contributed by atoms with E-state index >= 15 is 0 Å². The molecule has 0 radical (unpaired) electrons. The lowest BCUT2D eigenvalue weighted by Gasteiger charge is -2.20. The number of likely N-dealkylation sites (tertiary alicyclic amines) is 1. The average molecular weight is 292 g/mol.